The zero-order valence-electron chi connectivity index (χ0n) is 8.48. The molecule has 0 amide bonds. The van der Waals surface area contributed by atoms with Crippen LogP contribution in [0.1, 0.15) is 6.92 Å². The smallest absolute Gasteiger partial charge is 0.361 e. The van der Waals surface area contributed by atoms with E-state index in [1.54, 1.807) is 0 Å². The van der Waals surface area contributed by atoms with E-state index in [0.29, 0.717) is 0 Å². The van der Waals surface area contributed by atoms with Gasteiger partial charge in [0.1, 0.15) is 6.29 Å². The van der Waals surface area contributed by atoms with Crippen molar-refractivity contribution in [2.24, 2.45) is 0 Å². The number of aliphatic hydroxyl groups excluding tert-OH is 1. The van der Waals surface area contributed by atoms with Crippen molar-refractivity contribution in [3.8, 4) is 0 Å². The van der Waals surface area contributed by atoms with Crippen LogP contribution in [0.4, 0.5) is 17.6 Å². The maximum absolute atomic E-state index is 10.7. The zero-order chi connectivity index (χ0) is 15.7. The van der Waals surface area contributed by atoms with Gasteiger partial charge in [0.25, 0.3) is 0 Å². The SMILES string of the molecule is CC(O)O.O=S(=O)(O)C(F)F.O=S(=O)(O)C(F)F. The average Bonchev–Trinajstić information content (AvgIpc) is 1.99. The van der Waals surface area contributed by atoms with Crippen LogP contribution in [0.2, 0.25) is 0 Å². The van der Waals surface area contributed by atoms with Crippen LogP contribution in [-0.2, 0) is 20.2 Å². The molecule has 0 aliphatic heterocycles. The molecule has 0 atom stereocenters. The summed E-state index contributed by atoms with van der Waals surface area (Å²) in [5.41, 5.74) is 0. The van der Waals surface area contributed by atoms with Crippen molar-refractivity contribution >= 4 is 20.2 Å². The van der Waals surface area contributed by atoms with Crippen molar-refractivity contribution in [1.29, 1.82) is 0 Å². The molecule has 0 fully saturated rings. The Balaban J connectivity index is -0.000000196. The maximum Gasteiger partial charge on any atom is 0.361 e. The first-order chi connectivity index (χ1) is 7.62. The van der Waals surface area contributed by atoms with Crippen molar-refractivity contribution in [3.63, 3.8) is 0 Å². The fourth-order valence-corrected chi connectivity index (χ4v) is 0. The Hall–Kier alpha value is -0.540. The van der Waals surface area contributed by atoms with Gasteiger partial charge in [0, 0.05) is 0 Å². The molecule has 18 heavy (non-hydrogen) atoms. The Morgan fingerprint density at radius 1 is 0.778 bits per heavy atom. The van der Waals surface area contributed by atoms with E-state index >= 15 is 0 Å². The van der Waals surface area contributed by atoms with Crippen LogP contribution < -0.4 is 0 Å². The summed E-state index contributed by atoms with van der Waals surface area (Å²) in [5, 5.41) is 15.2. The molecule has 4 N–H and O–H groups in total. The molecule has 0 rings (SSSR count). The molecule has 0 spiro atoms. The van der Waals surface area contributed by atoms with Crippen LogP contribution in [0.3, 0.4) is 0 Å². The average molecular weight is 326 g/mol. The van der Waals surface area contributed by atoms with Gasteiger partial charge in [0.2, 0.25) is 0 Å². The van der Waals surface area contributed by atoms with Gasteiger partial charge >= 0.3 is 31.8 Å². The molecule has 8 nitrogen and oxygen atoms in total. The fraction of sp³-hybridized carbons (Fsp3) is 1.00. The highest BCUT2D eigenvalue weighted by Gasteiger charge is 2.19. The monoisotopic (exact) mass is 326 g/mol. The third-order valence-electron chi connectivity index (χ3n) is 0.450. The van der Waals surface area contributed by atoms with Crippen molar-refractivity contribution in [2.45, 2.75) is 24.7 Å². The topological polar surface area (TPSA) is 149 Å². The normalized spacial score (nSPS) is 11.8. The number of alkyl halides is 4. The molecule has 0 unspecified atom stereocenters. The van der Waals surface area contributed by atoms with Crippen LogP contribution in [0.25, 0.3) is 0 Å². The summed E-state index contributed by atoms with van der Waals surface area (Å²) < 4.78 is 94.0. The molecule has 114 valence electrons. The van der Waals surface area contributed by atoms with Gasteiger partial charge < -0.3 is 10.2 Å². The lowest BCUT2D eigenvalue weighted by Crippen LogP contribution is -2.07. The van der Waals surface area contributed by atoms with Crippen molar-refractivity contribution in [1.82, 2.24) is 0 Å². The van der Waals surface area contributed by atoms with Crippen LogP contribution in [0.5, 0.6) is 0 Å². The second kappa shape index (κ2) is 9.40. The highest BCUT2D eigenvalue weighted by atomic mass is 32.2. The molecule has 0 aliphatic rings. The Morgan fingerprint density at radius 2 is 0.833 bits per heavy atom. The first kappa shape index (κ1) is 22.6. The number of halogens is 4. The molecule has 0 saturated carbocycles. The Kier molecular flexibility index (Phi) is 11.8. The van der Waals surface area contributed by atoms with Crippen LogP contribution in [0.15, 0.2) is 0 Å². The molecule has 0 saturated heterocycles. The molecule has 0 bridgehead atoms. The van der Waals surface area contributed by atoms with Gasteiger partial charge in [-0.25, -0.2) is 0 Å². The van der Waals surface area contributed by atoms with Gasteiger partial charge in [-0.05, 0) is 6.92 Å². The van der Waals surface area contributed by atoms with Crippen LogP contribution >= 0.6 is 0 Å². The first-order valence-electron chi connectivity index (χ1n) is 3.47. The Morgan fingerprint density at radius 3 is 0.833 bits per heavy atom. The summed E-state index contributed by atoms with van der Waals surface area (Å²) in [7, 11) is -10.1. The van der Waals surface area contributed by atoms with Gasteiger partial charge in [-0.15, -0.1) is 0 Å². The Labute approximate surface area is 99.4 Å². The molecule has 0 radical (unpaired) electrons. The van der Waals surface area contributed by atoms with Gasteiger partial charge in [-0.1, -0.05) is 0 Å². The summed E-state index contributed by atoms with van der Waals surface area (Å²) in [5.74, 6) is -7.35. The minimum atomic E-state index is -5.07. The predicted molar refractivity (Wildman–Crippen MR) is 49.0 cm³/mol. The first-order valence-corrected chi connectivity index (χ1v) is 6.48. The van der Waals surface area contributed by atoms with E-state index < -0.39 is 38.0 Å². The van der Waals surface area contributed by atoms with Crippen molar-refractivity contribution in [3.05, 3.63) is 0 Å². The molecule has 0 aromatic heterocycles. The minimum Gasteiger partial charge on any atom is -0.368 e. The lowest BCUT2D eigenvalue weighted by Gasteiger charge is -1.87. The predicted octanol–water partition coefficient (Wildman–Crippen LogP) is -0.489. The van der Waals surface area contributed by atoms with E-state index in [2.05, 4.69) is 0 Å². The third kappa shape index (κ3) is 24.6. The molecule has 14 heteroatoms. The molecular formula is C4H10F4O8S2. The Bertz CT molecular complexity index is 349. The number of rotatable bonds is 2. The summed E-state index contributed by atoms with van der Waals surface area (Å²) in [6, 6.07) is 0. The third-order valence-corrected chi connectivity index (χ3v) is 1.35. The van der Waals surface area contributed by atoms with Gasteiger partial charge in [-0.3, -0.25) is 9.11 Å². The van der Waals surface area contributed by atoms with Crippen molar-refractivity contribution in [2.75, 3.05) is 0 Å². The summed E-state index contributed by atoms with van der Waals surface area (Å²) in [6.07, 6.45) is -1.17. The quantitative estimate of drug-likeness (QED) is 0.302. The van der Waals surface area contributed by atoms with Crippen LogP contribution in [0, 0.1) is 0 Å². The van der Waals surface area contributed by atoms with E-state index in [9.17, 15) is 17.6 Å². The van der Waals surface area contributed by atoms with E-state index in [0.717, 1.165) is 0 Å². The van der Waals surface area contributed by atoms with E-state index in [-0.39, 0.29) is 0 Å². The molecule has 0 aliphatic carbocycles. The highest BCUT2D eigenvalue weighted by Crippen LogP contribution is 1.99. The maximum atomic E-state index is 10.7. The number of hydrogen-bond acceptors (Lipinski definition) is 6. The van der Waals surface area contributed by atoms with Gasteiger partial charge in [0.05, 0.1) is 0 Å². The van der Waals surface area contributed by atoms with Crippen molar-refractivity contribution < 1.29 is 53.7 Å². The highest BCUT2D eigenvalue weighted by molar-refractivity contribution is 7.86. The summed E-state index contributed by atoms with van der Waals surface area (Å²) in [6.45, 7) is 1.28. The minimum absolute atomic E-state index is 1.17. The number of hydrogen-bond donors (Lipinski definition) is 4. The second-order valence-corrected chi connectivity index (χ2v) is 4.96. The number of aliphatic hydroxyl groups is 2. The zero-order valence-corrected chi connectivity index (χ0v) is 10.1. The standard InChI is InChI=1S/C2H6O2.2CH2F2O3S/c1-2(3)4;2*2-1(3)7(4,5)6/h2-4H,1H3;2*1H,(H,4,5,6). The largest absolute Gasteiger partial charge is 0.368 e. The van der Waals surface area contributed by atoms with Crippen LogP contribution in [-0.4, -0.2) is 54.0 Å². The molecule has 0 heterocycles. The lowest BCUT2D eigenvalue weighted by atomic mass is 10.8. The molecule has 0 aromatic carbocycles. The molecule has 0 aromatic rings. The van der Waals surface area contributed by atoms with Gasteiger partial charge in [-0.2, -0.15) is 34.4 Å². The lowest BCUT2D eigenvalue weighted by molar-refractivity contribution is -0.0228. The van der Waals surface area contributed by atoms with E-state index in [1.807, 2.05) is 0 Å². The van der Waals surface area contributed by atoms with E-state index in [1.165, 1.54) is 6.92 Å². The summed E-state index contributed by atoms with van der Waals surface area (Å²) >= 11 is 0. The summed E-state index contributed by atoms with van der Waals surface area (Å²) in [4.78, 5) is 0. The van der Waals surface area contributed by atoms with E-state index in [4.69, 9.17) is 36.2 Å². The van der Waals surface area contributed by atoms with Gasteiger partial charge in [0.15, 0.2) is 0 Å². The fourth-order valence-electron chi connectivity index (χ4n) is 0. The second-order valence-electron chi connectivity index (χ2n) is 2.18. The molecular weight excluding hydrogens is 316 g/mol.